The standard InChI is InChI=1S/C27H34N6O2S.CH4/c1-5-32(6-2)18(3)9-10-24(35)20-14-23(30-26(15-20)28-16-19(4)34)21-17-29-33-12-11-22(31-27(21)33)25-8-7-13-36-25;/h7-8,11-15,17-19,34H,5-6,9-10,16H2,1-4H3,(H,28,30);1H4/t18-,19+;/m0./s1. The molecule has 8 nitrogen and oxygen atoms in total. The second-order valence-electron chi connectivity index (χ2n) is 9.00. The van der Waals surface area contributed by atoms with Crippen molar-refractivity contribution in [1.82, 2.24) is 24.5 Å². The molecule has 0 fully saturated rings. The first-order valence-electron chi connectivity index (χ1n) is 12.5. The van der Waals surface area contributed by atoms with Crippen LogP contribution in [0.5, 0.6) is 0 Å². The largest absolute Gasteiger partial charge is 0.392 e. The average Bonchev–Trinajstić information content (AvgIpc) is 3.56. The molecule has 37 heavy (non-hydrogen) atoms. The molecule has 0 bridgehead atoms. The number of aliphatic hydroxyl groups excluding tert-OH is 1. The number of fused-ring (bicyclic) bond motifs is 1. The number of carbonyl (C=O) groups is 1. The number of carbonyl (C=O) groups excluding carboxylic acids is 1. The Kier molecular flexibility index (Phi) is 9.91. The van der Waals surface area contributed by atoms with Gasteiger partial charge in [0.25, 0.3) is 0 Å². The van der Waals surface area contributed by atoms with Gasteiger partial charge in [-0.2, -0.15) is 5.10 Å². The van der Waals surface area contributed by atoms with Crippen molar-refractivity contribution in [3.05, 3.63) is 53.7 Å². The first kappa shape index (κ1) is 28.4. The van der Waals surface area contributed by atoms with E-state index in [9.17, 15) is 9.90 Å². The van der Waals surface area contributed by atoms with Crippen molar-refractivity contribution < 1.29 is 9.90 Å². The third-order valence-corrected chi connectivity index (χ3v) is 7.26. The molecule has 0 aliphatic rings. The highest BCUT2D eigenvalue weighted by Crippen LogP contribution is 2.28. The molecule has 2 N–H and O–H groups in total. The molecular formula is C28H38N6O2S. The fourth-order valence-corrected chi connectivity index (χ4v) is 4.99. The van der Waals surface area contributed by atoms with Crippen molar-refractivity contribution in [1.29, 1.82) is 0 Å². The molecule has 0 aromatic carbocycles. The second kappa shape index (κ2) is 12.9. The highest BCUT2D eigenvalue weighted by molar-refractivity contribution is 7.13. The summed E-state index contributed by atoms with van der Waals surface area (Å²) in [6.07, 6.45) is 4.31. The highest BCUT2D eigenvalue weighted by atomic mass is 32.1. The molecule has 0 saturated heterocycles. The van der Waals surface area contributed by atoms with Crippen molar-refractivity contribution in [2.75, 3.05) is 25.0 Å². The minimum Gasteiger partial charge on any atom is -0.392 e. The average molecular weight is 523 g/mol. The van der Waals surface area contributed by atoms with Crippen LogP contribution in [0.25, 0.3) is 27.5 Å². The van der Waals surface area contributed by atoms with Crippen LogP contribution in [0.15, 0.2) is 48.1 Å². The van der Waals surface area contributed by atoms with Crippen LogP contribution in [0, 0.1) is 0 Å². The molecule has 0 aliphatic carbocycles. The number of hydrogen-bond donors (Lipinski definition) is 2. The number of anilines is 1. The maximum atomic E-state index is 13.3. The lowest BCUT2D eigenvalue weighted by Gasteiger charge is -2.26. The Morgan fingerprint density at radius 2 is 1.95 bits per heavy atom. The maximum Gasteiger partial charge on any atom is 0.165 e. The van der Waals surface area contributed by atoms with Gasteiger partial charge in [-0.3, -0.25) is 4.79 Å². The summed E-state index contributed by atoms with van der Waals surface area (Å²) in [4.78, 5) is 26.3. The molecular weight excluding hydrogens is 484 g/mol. The molecule has 4 rings (SSSR count). The van der Waals surface area contributed by atoms with Gasteiger partial charge in [-0.05, 0) is 63.0 Å². The van der Waals surface area contributed by atoms with Gasteiger partial charge in [0.15, 0.2) is 11.4 Å². The Morgan fingerprint density at radius 1 is 1.16 bits per heavy atom. The van der Waals surface area contributed by atoms with E-state index in [4.69, 9.17) is 9.97 Å². The Hall–Kier alpha value is -3.14. The number of hydrogen-bond acceptors (Lipinski definition) is 8. The normalized spacial score (nSPS) is 12.9. The number of thiophene rings is 1. The molecule has 2 atom stereocenters. The Balaban J connectivity index is 0.00000380. The van der Waals surface area contributed by atoms with Gasteiger partial charge in [0.2, 0.25) is 0 Å². The van der Waals surface area contributed by atoms with Crippen LogP contribution in [-0.2, 0) is 0 Å². The van der Waals surface area contributed by atoms with Crippen LogP contribution in [0.4, 0.5) is 5.82 Å². The second-order valence-corrected chi connectivity index (χ2v) is 9.95. The lowest BCUT2D eigenvalue weighted by Crippen LogP contribution is -2.33. The zero-order valence-electron chi connectivity index (χ0n) is 21.3. The maximum absolute atomic E-state index is 13.3. The van der Waals surface area contributed by atoms with Crippen LogP contribution in [0.1, 0.15) is 58.3 Å². The molecule has 4 aromatic rings. The summed E-state index contributed by atoms with van der Waals surface area (Å²) in [6.45, 7) is 10.4. The molecule has 0 unspecified atom stereocenters. The van der Waals surface area contributed by atoms with E-state index in [-0.39, 0.29) is 13.2 Å². The lowest BCUT2D eigenvalue weighted by molar-refractivity contribution is 0.0964. The van der Waals surface area contributed by atoms with Gasteiger partial charge in [0.05, 0.1) is 34.1 Å². The fraction of sp³-hybridized carbons (Fsp3) is 0.429. The van der Waals surface area contributed by atoms with Crippen molar-refractivity contribution in [3.63, 3.8) is 0 Å². The third-order valence-electron chi connectivity index (χ3n) is 6.37. The molecule has 0 spiro atoms. The lowest BCUT2D eigenvalue weighted by atomic mass is 10.0. The number of nitrogens with one attached hydrogen (secondary N) is 1. The zero-order chi connectivity index (χ0) is 25.7. The summed E-state index contributed by atoms with van der Waals surface area (Å²) in [7, 11) is 0. The van der Waals surface area contributed by atoms with Crippen LogP contribution >= 0.6 is 11.3 Å². The summed E-state index contributed by atoms with van der Waals surface area (Å²) < 4.78 is 1.72. The van der Waals surface area contributed by atoms with E-state index < -0.39 is 6.10 Å². The Labute approximate surface area is 223 Å². The minimum atomic E-state index is -0.545. The van der Waals surface area contributed by atoms with Gasteiger partial charge < -0.3 is 15.3 Å². The monoisotopic (exact) mass is 522 g/mol. The van der Waals surface area contributed by atoms with Crippen molar-refractivity contribution in [2.24, 2.45) is 0 Å². The van der Waals surface area contributed by atoms with Gasteiger partial charge in [-0.1, -0.05) is 27.3 Å². The van der Waals surface area contributed by atoms with Crippen molar-refractivity contribution in [2.45, 2.75) is 60.1 Å². The third kappa shape index (κ3) is 6.80. The van der Waals surface area contributed by atoms with Crippen LogP contribution < -0.4 is 5.32 Å². The van der Waals surface area contributed by atoms with E-state index in [1.165, 1.54) is 0 Å². The van der Waals surface area contributed by atoms with Crippen molar-refractivity contribution in [3.8, 4) is 21.8 Å². The SMILES string of the molecule is C.CCN(CC)[C@@H](C)CCC(=O)c1cc(NC[C@@H](C)O)nc(-c2cnn3ccc(-c4cccs4)nc23)c1. The van der Waals surface area contributed by atoms with Crippen LogP contribution in [-0.4, -0.2) is 67.2 Å². The van der Waals surface area contributed by atoms with Gasteiger partial charge >= 0.3 is 0 Å². The molecule has 0 amide bonds. The number of aliphatic hydroxyl groups is 1. The van der Waals surface area contributed by atoms with E-state index in [1.807, 2.05) is 35.8 Å². The molecule has 4 heterocycles. The summed E-state index contributed by atoms with van der Waals surface area (Å²) in [5.41, 5.74) is 3.50. The van der Waals surface area contributed by atoms with Gasteiger partial charge in [-0.25, -0.2) is 14.5 Å². The van der Waals surface area contributed by atoms with E-state index in [0.717, 1.165) is 35.6 Å². The van der Waals surface area contributed by atoms with Crippen LogP contribution in [0.3, 0.4) is 0 Å². The summed E-state index contributed by atoms with van der Waals surface area (Å²) in [6, 6.07) is 9.91. The smallest absolute Gasteiger partial charge is 0.165 e. The number of ketones is 1. The number of aromatic nitrogens is 4. The van der Waals surface area contributed by atoms with Gasteiger partial charge in [0, 0.05) is 30.8 Å². The molecule has 0 aliphatic heterocycles. The van der Waals surface area contributed by atoms with Gasteiger partial charge in [0.1, 0.15) is 5.82 Å². The number of nitrogens with zero attached hydrogens (tertiary/aromatic N) is 5. The topological polar surface area (TPSA) is 95.7 Å². The van der Waals surface area contributed by atoms with E-state index in [1.54, 1.807) is 35.0 Å². The van der Waals surface area contributed by atoms with E-state index in [0.29, 0.717) is 41.7 Å². The van der Waals surface area contributed by atoms with E-state index >= 15 is 0 Å². The number of Topliss-reactive ketones (excluding diaryl/α,β-unsaturated/α-hetero) is 1. The van der Waals surface area contributed by atoms with Crippen LogP contribution in [0.2, 0.25) is 0 Å². The Bertz CT molecular complexity index is 1300. The number of pyridine rings is 1. The first-order chi connectivity index (χ1) is 17.4. The zero-order valence-corrected chi connectivity index (χ0v) is 22.1. The Morgan fingerprint density at radius 3 is 2.62 bits per heavy atom. The fourth-order valence-electron chi connectivity index (χ4n) is 4.30. The molecule has 4 aromatic heterocycles. The predicted octanol–water partition coefficient (Wildman–Crippen LogP) is 5.64. The predicted molar refractivity (Wildman–Crippen MR) is 152 cm³/mol. The summed E-state index contributed by atoms with van der Waals surface area (Å²) in [5.74, 6) is 0.615. The quantitative estimate of drug-likeness (QED) is 0.232. The number of rotatable bonds is 12. The minimum absolute atomic E-state index is 0. The molecule has 0 saturated carbocycles. The summed E-state index contributed by atoms with van der Waals surface area (Å²) in [5, 5.41) is 19.4. The van der Waals surface area contributed by atoms with E-state index in [2.05, 4.69) is 36.1 Å². The van der Waals surface area contributed by atoms with Gasteiger partial charge in [-0.15, -0.1) is 11.3 Å². The molecule has 198 valence electrons. The molecule has 0 radical (unpaired) electrons. The first-order valence-corrected chi connectivity index (χ1v) is 13.4. The highest BCUT2D eigenvalue weighted by Gasteiger charge is 2.18. The molecule has 9 heteroatoms. The summed E-state index contributed by atoms with van der Waals surface area (Å²) >= 11 is 1.63. The van der Waals surface area contributed by atoms with Crippen molar-refractivity contribution >= 4 is 28.6 Å².